The average Bonchev–Trinajstić information content (AvgIpc) is 2.56. The van der Waals surface area contributed by atoms with Gasteiger partial charge in [0.05, 0.1) is 18.6 Å². The van der Waals surface area contributed by atoms with Gasteiger partial charge in [0, 0.05) is 13.1 Å². The molecule has 3 nitrogen and oxygen atoms in total. The Hall–Kier alpha value is -1.35. The zero-order valence-corrected chi connectivity index (χ0v) is 12.1. The van der Waals surface area contributed by atoms with Crippen LogP contribution < -0.4 is 0 Å². The molecule has 1 aromatic carbocycles. The summed E-state index contributed by atoms with van der Waals surface area (Å²) in [4.78, 5) is 2.24. The summed E-state index contributed by atoms with van der Waals surface area (Å²) in [6, 6.07) is 10.7. The minimum absolute atomic E-state index is 0.0587. The number of benzene rings is 1. The van der Waals surface area contributed by atoms with Crippen molar-refractivity contribution in [2.75, 3.05) is 26.3 Å². The highest BCUT2D eigenvalue weighted by atomic mass is 16.5. The van der Waals surface area contributed by atoms with E-state index in [1.807, 2.05) is 0 Å². The molecule has 2 fully saturated rings. The third kappa shape index (κ3) is 2.47. The number of rotatable bonds is 2. The van der Waals surface area contributed by atoms with Crippen molar-refractivity contribution in [2.45, 2.75) is 37.5 Å². The van der Waals surface area contributed by atoms with Crippen LogP contribution in [0.15, 0.2) is 30.3 Å². The van der Waals surface area contributed by atoms with E-state index in [1.54, 1.807) is 0 Å². The smallest absolute Gasteiger partial charge is 0.107 e. The van der Waals surface area contributed by atoms with Crippen molar-refractivity contribution >= 4 is 5.84 Å². The lowest BCUT2D eigenvalue weighted by Gasteiger charge is -2.43. The number of hydrogen-bond acceptors (Lipinski definition) is 2. The van der Waals surface area contributed by atoms with Gasteiger partial charge in [0.25, 0.3) is 0 Å². The lowest BCUT2D eigenvalue weighted by atomic mass is 9.68. The molecule has 0 spiro atoms. The summed E-state index contributed by atoms with van der Waals surface area (Å²) < 4.78 is 5.44. The van der Waals surface area contributed by atoms with E-state index < -0.39 is 0 Å². The highest BCUT2D eigenvalue weighted by Gasteiger charge is 2.40. The zero-order chi connectivity index (χ0) is 13.8. The van der Waals surface area contributed by atoms with E-state index in [9.17, 15) is 0 Å². The molecule has 1 N–H and O–H groups in total. The fraction of sp³-hybridized carbons (Fsp3) is 0.588. The van der Waals surface area contributed by atoms with Crippen LogP contribution in [0.3, 0.4) is 0 Å². The van der Waals surface area contributed by atoms with Crippen LogP contribution in [-0.4, -0.2) is 37.0 Å². The molecule has 0 atom stereocenters. The maximum Gasteiger partial charge on any atom is 0.107 e. The second-order valence-corrected chi connectivity index (χ2v) is 5.96. The minimum atomic E-state index is -0.0587. The summed E-state index contributed by atoms with van der Waals surface area (Å²) in [5.74, 6) is 0.826. The van der Waals surface area contributed by atoms with Crippen LogP contribution in [0.4, 0.5) is 0 Å². The van der Waals surface area contributed by atoms with Crippen molar-refractivity contribution < 1.29 is 4.74 Å². The van der Waals surface area contributed by atoms with E-state index in [2.05, 4.69) is 35.2 Å². The Morgan fingerprint density at radius 1 is 1.00 bits per heavy atom. The van der Waals surface area contributed by atoms with Crippen LogP contribution in [0.25, 0.3) is 0 Å². The summed E-state index contributed by atoms with van der Waals surface area (Å²) >= 11 is 0. The molecule has 1 heterocycles. The molecular weight excluding hydrogens is 248 g/mol. The predicted molar refractivity (Wildman–Crippen MR) is 81.3 cm³/mol. The molecule has 1 aliphatic carbocycles. The Balaban J connectivity index is 1.91. The van der Waals surface area contributed by atoms with Crippen LogP contribution in [0.5, 0.6) is 0 Å². The second kappa shape index (κ2) is 5.96. The second-order valence-electron chi connectivity index (χ2n) is 5.96. The number of hydrogen-bond donors (Lipinski definition) is 1. The molecule has 0 amide bonds. The Morgan fingerprint density at radius 3 is 2.30 bits per heavy atom. The molecule has 2 aliphatic rings. The quantitative estimate of drug-likeness (QED) is 0.663. The van der Waals surface area contributed by atoms with Crippen LogP contribution in [-0.2, 0) is 10.2 Å². The summed E-state index contributed by atoms with van der Waals surface area (Å²) in [5.41, 5.74) is 1.27. The van der Waals surface area contributed by atoms with E-state index in [-0.39, 0.29) is 5.41 Å². The highest BCUT2D eigenvalue weighted by Crippen LogP contribution is 2.41. The molecule has 108 valence electrons. The zero-order valence-electron chi connectivity index (χ0n) is 12.1. The first kappa shape index (κ1) is 13.6. The summed E-state index contributed by atoms with van der Waals surface area (Å²) in [7, 11) is 0. The van der Waals surface area contributed by atoms with Gasteiger partial charge in [-0.15, -0.1) is 0 Å². The number of nitrogens with one attached hydrogen (secondary N) is 1. The largest absolute Gasteiger partial charge is 0.378 e. The molecular formula is C17H24N2O. The van der Waals surface area contributed by atoms with E-state index in [0.717, 1.165) is 45.0 Å². The third-order valence-corrected chi connectivity index (χ3v) is 4.81. The van der Waals surface area contributed by atoms with Gasteiger partial charge in [0.15, 0.2) is 0 Å². The van der Waals surface area contributed by atoms with Crippen LogP contribution in [0.1, 0.15) is 37.7 Å². The molecule has 1 aliphatic heterocycles. The molecule has 3 heteroatoms. The number of ether oxygens (including phenoxy) is 1. The van der Waals surface area contributed by atoms with E-state index >= 15 is 0 Å². The number of nitrogens with zero attached hydrogens (tertiary/aromatic N) is 1. The van der Waals surface area contributed by atoms with Gasteiger partial charge in [0.2, 0.25) is 0 Å². The molecule has 20 heavy (non-hydrogen) atoms. The number of morpholine rings is 1. The van der Waals surface area contributed by atoms with Gasteiger partial charge in [-0.25, -0.2) is 0 Å². The Morgan fingerprint density at radius 2 is 1.65 bits per heavy atom. The molecule has 1 saturated carbocycles. The maximum atomic E-state index is 8.83. The molecule has 0 aromatic heterocycles. The van der Waals surface area contributed by atoms with Crippen molar-refractivity contribution in [3.8, 4) is 0 Å². The first-order chi connectivity index (χ1) is 9.83. The van der Waals surface area contributed by atoms with Gasteiger partial charge >= 0.3 is 0 Å². The van der Waals surface area contributed by atoms with Crippen molar-refractivity contribution in [3.05, 3.63) is 35.9 Å². The first-order valence-electron chi connectivity index (χ1n) is 7.80. The number of amidine groups is 1. The van der Waals surface area contributed by atoms with Crippen molar-refractivity contribution in [2.24, 2.45) is 0 Å². The maximum absolute atomic E-state index is 8.83. The lowest BCUT2D eigenvalue weighted by molar-refractivity contribution is 0.0637. The fourth-order valence-electron chi connectivity index (χ4n) is 3.66. The Labute approximate surface area is 121 Å². The molecule has 1 saturated heterocycles. The van der Waals surface area contributed by atoms with Crippen molar-refractivity contribution in [3.63, 3.8) is 0 Å². The minimum Gasteiger partial charge on any atom is -0.378 e. The molecule has 0 radical (unpaired) electrons. The SMILES string of the molecule is N=C(N1CCOCC1)C1(c2ccccc2)CCCCC1. The van der Waals surface area contributed by atoms with E-state index in [4.69, 9.17) is 10.1 Å². The van der Waals surface area contributed by atoms with E-state index in [0.29, 0.717) is 0 Å². The van der Waals surface area contributed by atoms with Gasteiger partial charge in [-0.3, -0.25) is 5.41 Å². The van der Waals surface area contributed by atoms with Gasteiger partial charge < -0.3 is 9.64 Å². The lowest BCUT2D eigenvalue weighted by Crippen LogP contribution is -2.51. The van der Waals surface area contributed by atoms with E-state index in [1.165, 1.54) is 24.8 Å². The summed E-state index contributed by atoms with van der Waals surface area (Å²) in [6.07, 6.45) is 6.02. The predicted octanol–water partition coefficient (Wildman–Crippen LogP) is 3.20. The van der Waals surface area contributed by atoms with Gasteiger partial charge in [-0.05, 0) is 18.4 Å². The fourth-order valence-corrected chi connectivity index (χ4v) is 3.66. The monoisotopic (exact) mass is 272 g/mol. The van der Waals surface area contributed by atoms with Crippen LogP contribution in [0, 0.1) is 5.41 Å². The highest BCUT2D eigenvalue weighted by molar-refractivity contribution is 5.91. The first-order valence-corrected chi connectivity index (χ1v) is 7.80. The third-order valence-electron chi connectivity index (χ3n) is 4.81. The van der Waals surface area contributed by atoms with Crippen LogP contribution >= 0.6 is 0 Å². The summed E-state index contributed by atoms with van der Waals surface area (Å²) in [6.45, 7) is 3.25. The Bertz CT molecular complexity index is 445. The standard InChI is InChI=1S/C17H24N2O/c18-16(19-11-13-20-14-12-19)17(9-5-2-6-10-17)15-7-3-1-4-8-15/h1,3-4,7-8,18H,2,5-6,9-14H2. The normalized spacial score (nSPS) is 22.5. The molecule has 0 bridgehead atoms. The topological polar surface area (TPSA) is 36.3 Å². The Kier molecular flexibility index (Phi) is 4.06. The van der Waals surface area contributed by atoms with Crippen LogP contribution in [0.2, 0.25) is 0 Å². The van der Waals surface area contributed by atoms with Crippen molar-refractivity contribution in [1.29, 1.82) is 5.41 Å². The molecule has 1 aromatic rings. The van der Waals surface area contributed by atoms with Gasteiger partial charge in [0.1, 0.15) is 5.84 Å². The van der Waals surface area contributed by atoms with Gasteiger partial charge in [-0.1, -0.05) is 49.6 Å². The summed E-state index contributed by atoms with van der Waals surface area (Å²) in [5, 5.41) is 8.83. The van der Waals surface area contributed by atoms with Gasteiger partial charge in [-0.2, -0.15) is 0 Å². The molecule has 0 unspecified atom stereocenters. The molecule has 3 rings (SSSR count). The van der Waals surface area contributed by atoms with Crippen molar-refractivity contribution in [1.82, 2.24) is 4.90 Å². The average molecular weight is 272 g/mol.